The Morgan fingerprint density at radius 1 is 1.18 bits per heavy atom. The van der Waals surface area contributed by atoms with Gasteiger partial charge in [0.1, 0.15) is 12.3 Å². The second-order valence-electron chi connectivity index (χ2n) is 6.44. The zero-order valence-corrected chi connectivity index (χ0v) is 17.1. The number of halogens is 1. The SMILES string of the molecule is Cc1cc(Br)ccc1NC(=O)CNC(=O)CN1C(=O)C(C)Oc2ccccc21. The lowest BCUT2D eigenvalue weighted by molar-refractivity contribution is -0.128. The number of anilines is 2. The molecule has 3 rings (SSSR count). The molecular formula is C20H20BrN3O4. The van der Waals surface area contributed by atoms with E-state index in [2.05, 4.69) is 26.6 Å². The Morgan fingerprint density at radius 3 is 2.68 bits per heavy atom. The third-order valence-corrected chi connectivity index (χ3v) is 4.78. The van der Waals surface area contributed by atoms with Gasteiger partial charge in [0.2, 0.25) is 11.8 Å². The van der Waals surface area contributed by atoms with Crippen molar-refractivity contribution in [3.8, 4) is 5.75 Å². The van der Waals surface area contributed by atoms with E-state index in [1.54, 1.807) is 37.3 Å². The van der Waals surface area contributed by atoms with Crippen LogP contribution in [-0.4, -0.2) is 36.9 Å². The van der Waals surface area contributed by atoms with E-state index in [4.69, 9.17) is 4.74 Å². The first-order chi connectivity index (χ1) is 13.3. The number of amides is 3. The maximum absolute atomic E-state index is 12.4. The van der Waals surface area contributed by atoms with E-state index in [1.807, 2.05) is 19.1 Å². The van der Waals surface area contributed by atoms with E-state index in [9.17, 15) is 14.4 Å². The number of nitrogens with one attached hydrogen (secondary N) is 2. The molecule has 1 unspecified atom stereocenters. The normalized spacial score (nSPS) is 15.5. The number of hydrogen-bond acceptors (Lipinski definition) is 4. The highest BCUT2D eigenvalue weighted by Crippen LogP contribution is 2.33. The lowest BCUT2D eigenvalue weighted by atomic mass is 10.2. The molecule has 0 aromatic heterocycles. The molecule has 146 valence electrons. The molecule has 28 heavy (non-hydrogen) atoms. The van der Waals surface area contributed by atoms with Crippen molar-refractivity contribution >= 4 is 45.0 Å². The summed E-state index contributed by atoms with van der Waals surface area (Å²) in [5, 5.41) is 5.30. The van der Waals surface area contributed by atoms with Crippen LogP contribution in [0.25, 0.3) is 0 Å². The predicted molar refractivity (Wildman–Crippen MR) is 109 cm³/mol. The molecule has 1 aliphatic rings. The van der Waals surface area contributed by atoms with Crippen molar-refractivity contribution in [2.45, 2.75) is 20.0 Å². The maximum Gasteiger partial charge on any atom is 0.268 e. The maximum atomic E-state index is 12.4. The first-order valence-electron chi connectivity index (χ1n) is 8.75. The smallest absolute Gasteiger partial charge is 0.268 e. The summed E-state index contributed by atoms with van der Waals surface area (Å²) in [6.45, 7) is 3.14. The van der Waals surface area contributed by atoms with Crippen LogP contribution in [0.15, 0.2) is 46.9 Å². The number of carbonyl (C=O) groups excluding carboxylic acids is 3. The molecule has 0 bridgehead atoms. The standard InChI is InChI=1S/C20H20BrN3O4/c1-12-9-14(21)7-8-15(12)23-18(25)10-22-19(26)11-24-16-5-3-4-6-17(16)28-13(2)20(24)27/h3-9,13H,10-11H2,1-2H3,(H,22,26)(H,23,25). The van der Waals surface area contributed by atoms with Gasteiger partial charge < -0.3 is 15.4 Å². The number of fused-ring (bicyclic) bond motifs is 1. The first kappa shape index (κ1) is 19.9. The van der Waals surface area contributed by atoms with Gasteiger partial charge in [-0.15, -0.1) is 0 Å². The second kappa shape index (κ2) is 8.43. The Kier molecular flexibility index (Phi) is 5.99. The number of nitrogens with zero attached hydrogens (tertiary/aromatic N) is 1. The van der Waals surface area contributed by atoms with Crippen LogP contribution in [0.4, 0.5) is 11.4 Å². The van der Waals surface area contributed by atoms with Gasteiger partial charge in [0.05, 0.1) is 12.2 Å². The molecule has 7 nitrogen and oxygen atoms in total. The highest BCUT2D eigenvalue weighted by atomic mass is 79.9. The summed E-state index contributed by atoms with van der Waals surface area (Å²) in [5.41, 5.74) is 2.11. The minimum atomic E-state index is -0.675. The van der Waals surface area contributed by atoms with Crippen molar-refractivity contribution in [2.24, 2.45) is 0 Å². The fourth-order valence-corrected chi connectivity index (χ4v) is 3.34. The van der Waals surface area contributed by atoms with Crippen LogP contribution in [-0.2, 0) is 14.4 Å². The van der Waals surface area contributed by atoms with Crippen molar-refractivity contribution in [1.82, 2.24) is 5.32 Å². The second-order valence-corrected chi connectivity index (χ2v) is 7.35. The molecule has 2 aromatic rings. The average Bonchev–Trinajstić information content (AvgIpc) is 2.66. The van der Waals surface area contributed by atoms with E-state index in [1.165, 1.54) is 4.90 Å². The molecule has 2 aromatic carbocycles. The zero-order chi connectivity index (χ0) is 20.3. The van der Waals surface area contributed by atoms with Crippen LogP contribution in [0.2, 0.25) is 0 Å². The molecule has 0 saturated carbocycles. The summed E-state index contributed by atoms with van der Waals surface area (Å²) in [4.78, 5) is 38.2. The molecule has 0 radical (unpaired) electrons. The highest BCUT2D eigenvalue weighted by Gasteiger charge is 2.32. The van der Waals surface area contributed by atoms with Crippen molar-refractivity contribution in [3.63, 3.8) is 0 Å². The molecule has 3 amide bonds. The third kappa shape index (κ3) is 4.51. The van der Waals surface area contributed by atoms with Crippen LogP contribution in [0.5, 0.6) is 5.75 Å². The summed E-state index contributed by atoms with van der Waals surface area (Å²) in [5.74, 6) is -0.532. The molecule has 1 heterocycles. The van der Waals surface area contributed by atoms with E-state index in [0.29, 0.717) is 17.1 Å². The average molecular weight is 446 g/mol. The van der Waals surface area contributed by atoms with Gasteiger partial charge in [-0.1, -0.05) is 28.1 Å². The topological polar surface area (TPSA) is 87.7 Å². The van der Waals surface area contributed by atoms with Crippen LogP contribution in [0.1, 0.15) is 12.5 Å². The fourth-order valence-electron chi connectivity index (χ4n) is 2.86. The van der Waals surface area contributed by atoms with Gasteiger partial charge in [-0.3, -0.25) is 19.3 Å². The van der Waals surface area contributed by atoms with Crippen molar-refractivity contribution in [2.75, 3.05) is 23.3 Å². The Balaban J connectivity index is 1.58. The molecule has 0 aliphatic carbocycles. The van der Waals surface area contributed by atoms with Crippen molar-refractivity contribution < 1.29 is 19.1 Å². The molecule has 0 spiro atoms. The minimum Gasteiger partial charge on any atom is -0.479 e. The lowest BCUT2D eigenvalue weighted by Crippen LogP contribution is -2.49. The number of rotatable bonds is 5. The fraction of sp³-hybridized carbons (Fsp3) is 0.250. The van der Waals surface area contributed by atoms with Gasteiger partial charge >= 0.3 is 0 Å². The zero-order valence-electron chi connectivity index (χ0n) is 15.5. The van der Waals surface area contributed by atoms with Gasteiger partial charge in [-0.05, 0) is 49.7 Å². The van der Waals surface area contributed by atoms with Crippen LogP contribution in [0, 0.1) is 6.92 Å². The number of benzene rings is 2. The first-order valence-corrected chi connectivity index (χ1v) is 9.54. The van der Waals surface area contributed by atoms with E-state index in [0.717, 1.165) is 10.0 Å². The monoisotopic (exact) mass is 445 g/mol. The highest BCUT2D eigenvalue weighted by molar-refractivity contribution is 9.10. The van der Waals surface area contributed by atoms with Crippen LogP contribution < -0.4 is 20.3 Å². The molecule has 0 fully saturated rings. The molecule has 0 saturated heterocycles. The van der Waals surface area contributed by atoms with Gasteiger partial charge in [0.15, 0.2) is 6.10 Å². The van der Waals surface area contributed by atoms with E-state index < -0.39 is 12.0 Å². The number of ether oxygens (including phenoxy) is 1. The summed E-state index contributed by atoms with van der Waals surface area (Å²) in [6.07, 6.45) is -0.675. The Hall–Kier alpha value is -2.87. The minimum absolute atomic E-state index is 0.186. The third-order valence-electron chi connectivity index (χ3n) is 4.28. The quantitative estimate of drug-likeness (QED) is 0.740. The van der Waals surface area contributed by atoms with Gasteiger partial charge in [-0.25, -0.2) is 0 Å². The molecule has 1 atom stereocenters. The summed E-state index contributed by atoms with van der Waals surface area (Å²) in [6, 6.07) is 12.5. The number of para-hydroxylation sites is 2. The van der Waals surface area contributed by atoms with E-state index >= 15 is 0 Å². The molecule has 1 aliphatic heterocycles. The summed E-state index contributed by atoms with van der Waals surface area (Å²) >= 11 is 3.37. The van der Waals surface area contributed by atoms with Gasteiger partial charge in [0.25, 0.3) is 5.91 Å². The van der Waals surface area contributed by atoms with Crippen molar-refractivity contribution in [1.29, 1.82) is 0 Å². The van der Waals surface area contributed by atoms with E-state index in [-0.39, 0.29) is 24.9 Å². The summed E-state index contributed by atoms with van der Waals surface area (Å²) < 4.78 is 6.47. The largest absolute Gasteiger partial charge is 0.479 e. The number of hydrogen-bond donors (Lipinski definition) is 2. The lowest BCUT2D eigenvalue weighted by Gasteiger charge is -2.32. The predicted octanol–water partition coefficient (Wildman–Crippen LogP) is 2.63. The molecule has 8 heteroatoms. The van der Waals surface area contributed by atoms with Crippen LogP contribution in [0.3, 0.4) is 0 Å². The summed E-state index contributed by atoms with van der Waals surface area (Å²) in [7, 11) is 0. The Labute approximate surface area is 171 Å². The van der Waals surface area contributed by atoms with Crippen molar-refractivity contribution in [3.05, 3.63) is 52.5 Å². The van der Waals surface area contributed by atoms with Gasteiger partial charge in [-0.2, -0.15) is 0 Å². The Morgan fingerprint density at radius 2 is 1.93 bits per heavy atom. The van der Waals surface area contributed by atoms with Gasteiger partial charge in [0, 0.05) is 10.2 Å². The molecule has 2 N–H and O–H groups in total. The Bertz CT molecular complexity index is 931. The molecular weight excluding hydrogens is 426 g/mol. The number of aryl methyl sites for hydroxylation is 1. The number of carbonyl (C=O) groups is 3. The van der Waals surface area contributed by atoms with Crippen LogP contribution >= 0.6 is 15.9 Å².